The molecule has 1 N–H and O–H groups in total. The highest BCUT2D eigenvalue weighted by Gasteiger charge is 2.15. The van der Waals surface area contributed by atoms with Crippen LogP contribution in [0, 0.1) is 0 Å². The van der Waals surface area contributed by atoms with Crippen molar-refractivity contribution < 1.29 is 9.90 Å². The van der Waals surface area contributed by atoms with Crippen molar-refractivity contribution in [1.29, 1.82) is 0 Å². The van der Waals surface area contributed by atoms with Crippen LogP contribution in [0.2, 0.25) is 0 Å². The molecule has 12 heavy (non-hydrogen) atoms. The van der Waals surface area contributed by atoms with Crippen LogP contribution in [0.1, 0.15) is 23.8 Å². The van der Waals surface area contributed by atoms with E-state index in [1.807, 2.05) is 6.92 Å². The molecule has 66 valence electrons. The van der Waals surface area contributed by atoms with Gasteiger partial charge in [-0.2, -0.15) is 0 Å². The monoisotopic (exact) mass is 233 g/mol. The molecule has 0 saturated carbocycles. The number of aromatic carboxylic acids is 1. The van der Waals surface area contributed by atoms with Gasteiger partial charge in [0.2, 0.25) is 5.69 Å². The highest BCUT2D eigenvalue weighted by atomic mass is 79.9. The minimum atomic E-state index is -1.07. The summed E-state index contributed by atoms with van der Waals surface area (Å²) in [5.41, 5.74) is -0.0385. The molecule has 0 radical (unpaired) electrons. The van der Waals surface area contributed by atoms with Gasteiger partial charge in [0.15, 0.2) is 0 Å². The summed E-state index contributed by atoms with van der Waals surface area (Å²) in [7, 11) is 0. The number of aromatic nitrogens is 3. The second-order valence-electron chi connectivity index (χ2n) is 2.26. The smallest absolute Gasteiger partial charge is 0.359 e. The fraction of sp³-hybridized carbons (Fsp3) is 0.500. The molecule has 0 aliphatic carbocycles. The Hall–Kier alpha value is -0.910. The summed E-state index contributed by atoms with van der Waals surface area (Å²) in [6, 6.07) is 0. The largest absolute Gasteiger partial charge is 0.476 e. The third-order valence-corrected chi connectivity index (χ3v) is 2.10. The fourth-order valence-electron chi connectivity index (χ4n) is 0.787. The van der Waals surface area contributed by atoms with E-state index in [0.717, 1.165) is 6.42 Å². The Balaban J connectivity index is 2.96. The van der Waals surface area contributed by atoms with E-state index in [2.05, 4.69) is 26.2 Å². The van der Waals surface area contributed by atoms with Crippen molar-refractivity contribution in [3.05, 3.63) is 10.3 Å². The van der Waals surface area contributed by atoms with Gasteiger partial charge >= 0.3 is 5.97 Å². The molecule has 0 aliphatic heterocycles. The van der Waals surface area contributed by atoms with Gasteiger partial charge in [-0.1, -0.05) is 12.1 Å². The molecule has 5 nitrogen and oxygen atoms in total. The molecule has 1 aromatic rings. The van der Waals surface area contributed by atoms with E-state index >= 15 is 0 Å². The number of carbonyl (C=O) groups is 1. The quantitative estimate of drug-likeness (QED) is 0.851. The second-order valence-corrected chi connectivity index (χ2v) is 3.01. The van der Waals surface area contributed by atoms with Gasteiger partial charge in [0.1, 0.15) is 4.60 Å². The molecule has 0 bridgehead atoms. The first-order valence-electron chi connectivity index (χ1n) is 3.49. The zero-order valence-electron chi connectivity index (χ0n) is 6.49. The standard InChI is InChI=1S/C6H8BrN3O2/c1-2-3-10-5(7)4(6(11)12)8-9-10/h2-3H2,1H3,(H,11,12). The van der Waals surface area contributed by atoms with Crippen LogP contribution in [0.5, 0.6) is 0 Å². The Morgan fingerprint density at radius 1 is 1.75 bits per heavy atom. The molecule has 0 atom stereocenters. The van der Waals surface area contributed by atoms with Gasteiger partial charge in [-0.05, 0) is 22.4 Å². The summed E-state index contributed by atoms with van der Waals surface area (Å²) >= 11 is 3.11. The lowest BCUT2D eigenvalue weighted by Crippen LogP contribution is -2.01. The predicted molar refractivity (Wildman–Crippen MR) is 45.0 cm³/mol. The Morgan fingerprint density at radius 3 is 2.83 bits per heavy atom. The number of nitrogens with zero attached hydrogens (tertiary/aromatic N) is 3. The molecule has 1 heterocycles. The minimum Gasteiger partial charge on any atom is -0.476 e. The molecular weight excluding hydrogens is 226 g/mol. The molecule has 0 saturated heterocycles. The third kappa shape index (κ3) is 1.63. The number of carboxylic acids is 1. The molecule has 6 heteroatoms. The maximum absolute atomic E-state index is 10.5. The molecule has 0 fully saturated rings. The van der Waals surface area contributed by atoms with Crippen LogP contribution >= 0.6 is 15.9 Å². The number of halogens is 1. The SMILES string of the molecule is CCCn1nnc(C(=O)O)c1Br. The van der Waals surface area contributed by atoms with Gasteiger partial charge in [-0.25, -0.2) is 9.48 Å². The Labute approximate surface area is 77.5 Å². The average Bonchev–Trinajstić information content (AvgIpc) is 2.34. The van der Waals surface area contributed by atoms with E-state index in [1.54, 1.807) is 0 Å². The fourth-order valence-corrected chi connectivity index (χ4v) is 1.28. The number of carboxylic acid groups (broad SMARTS) is 1. The summed E-state index contributed by atoms with van der Waals surface area (Å²) in [5.74, 6) is -1.07. The first kappa shape index (κ1) is 9.18. The van der Waals surface area contributed by atoms with E-state index < -0.39 is 5.97 Å². The van der Waals surface area contributed by atoms with Crippen LogP contribution in [0.15, 0.2) is 4.60 Å². The predicted octanol–water partition coefficient (Wildman–Crippen LogP) is 1.15. The molecule has 0 aliphatic rings. The van der Waals surface area contributed by atoms with E-state index in [-0.39, 0.29) is 5.69 Å². The maximum atomic E-state index is 10.5. The van der Waals surface area contributed by atoms with Crippen molar-refractivity contribution in [3.8, 4) is 0 Å². The van der Waals surface area contributed by atoms with Crippen LogP contribution in [0.3, 0.4) is 0 Å². The van der Waals surface area contributed by atoms with Crippen molar-refractivity contribution >= 4 is 21.9 Å². The van der Waals surface area contributed by atoms with Gasteiger partial charge in [-0.3, -0.25) is 0 Å². The highest BCUT2D eigenvalue weighted by molar-refractivity contribution is 9.10. The molecule has 1 aromatic heterocycles. The molecule has 1 rings (SSSR count). The Kier molecular flexibility index (Phi) is 2.80. The summed E-state index contributed by atoms with van der Waals surface area (Å²) in [6.07, 6.45) is 0.890. The Morgan fingerprint density at radius 2 is 2.42 bits per heavy atom. The zero-order valence-corrected chi connectivity index (χ0v) is 8.08. The van der Waals surface area contributed by atoms with Crippen LogP contribution in [0.4, 0.5) is 0 Å². The van der Waals surface area contributed by atoms with E-state index in [9.17, 15) is 4.79 Å². The lowest BCUT2D eigenvalue weighted by Gasteiger charge is -1.96. The summed E-state index contributed by atoms with van der Waals surface area (Å²) < 4.78 is 1.94. The summed E-state index contributed by atoms with van der Waals surface area (Å²) in [4.78, 5) is 10.5. The lowest BCUT2D eigenvalue weighted by atomic mass is 10.4. The van der Waals surface area contributed by atoms with Crippen molar-refractivity contribution in [3.63, 3.8) is 0 Å². The first-order chi connectivity index (χ1) is 5.66. The van der Waals surface area contributed by atoms with Crippen molar-refractivity contribution in [1.82, 2.24) is 15.0 Å². The van der Waals surface area contributed by atoms with Crippen molar-refractivity contribution in [2.75, 3.05) is 0 Å². The van der Waals surface area contributed by atoms with Gasteiger partial charge in [0.25, 0.3) is 0 Å². The molecule has 0 unspecified atom stereocenters. The topological polar surface area (TPSA) is 68.0 Å². The molecule has 0 aromatic carbocycles. The van der Waals surface area contributed by atoms with Gasteiger partial charge in [-0.15, -0.1) is 5.10 Å². The van der Waals surface area contributed by atoms with Gasteiger partial charge < -0.3 is 5.11 Å². The van der Waals surface area contributed by atoms with E-state index in [1.165, 1.54) is 4.68 Å². The first-order valence-corrected chi connectivity index (χ1v) is 4.28. The lowest BCUT2D eigenvalue weighted by molar-refractivity contribution is 0.0689. The minimum absolute atomic E-state index is 0.0385. The van der Waals surface area contributed by atoms with Crippen LogP contribution in [-0.2, 0) is 6.54 Å². The summed E-state index contributed by atoms with van der Waals surface area (Å²) in [5, 5.41) is 15.8. The third-order valence-electron chi connectivity index (χ3n) is 1.31. The van der Waals surface area contributed by atoms with Crippen LogP contribution in [0.25, 0.3) is 0 Å². The normalized spacial score (nSPS) is 10.2. The average molecular weight is 234 g/mol. The number of aryl methyl sites for hydroxylation is 1. The Bertz CT molecular complexity index is 297. The van der Waals surface area contributed by atoms with E-state index in [0.29, 0.717) is 11.1 Å². The van der Waals surface area contributed by atoms with E-state index in [4.69, 9.17) is 5.11 Å². The number of hydrogen-bond donors (Lipinski definition) is 1. The summed E-state index contributed by atoms with van der Waals surface area (Å²) in [6.45, 7) is 2.65. The number of hydrogen-bond acceptors (Lipinski definition) is 3. The van der Waals surface area contributed by atoms with Crippen LogP contribution < -0.4 is 0 Å². The van der Waals surface area contributed by atoms with Gasteiger partial charge in [0, 0.05) is 6.54 Å². The molecular formula is C6H8BrN3O2. The van der Waals surface area contributed by atoms with Crippen LogP contribution in [-0.4, -0.2) is 26.1 Å². The molecule has 0 spiro atoms. The second kappa shape index (κ2) is 3.66. The van der Waals surface area contributed by atoms with Gasteiger partial charge in [0.05, 0.1) is 0 Å². The highest BCUT2D eigenvalue weighted by Crippen LogP contribution is 2.13. The van der Waals surface area contributed by atoms with Crippen molar-refractivity contribution in [2.45, 2.75) is 19.9 Å². The van der Waals surface area contributed by atoms with Crippen molar-refractivity contribution in [2.24, 2.45) is 0 Å². The maximum Gasteiger partial charge on any atom is 0.359 e. The molecule has 0 amide bonds. The zero-order chi connectivity index (χ0) is 9.14. The number of rotatable bonds is 3.